The van der Waals surface area contributed by atoms with Crippen LogP contribution in [0, 0.1) is 11.3 Å². The van der Waals surface area contributed by atoms with Crippen LogP contribution in [-0.2, 0) is 6.18 Å². The quantitative estimate of drug-likeness (QED) is 0.375. The molecule has 196 valence electrons. The number of aliphatic hydroxyl groups is 1. The zero-order valence-electron chi connectivity index (χ0n) is 20.6. The number of ether oxygens (including phenoxy) is 2. The number of pyridine rings is 2. The summed E-state index contributed by atoms with van der Waals surface area (Å²) in [4.78, 5) is 6.51. The first kappa shape index (κ1) is 25.4. The zero-order valence-corrected chi connectivity index (χ0v) is 20.6. The van der Waals surface area contributed by atoms with Crippen molar-refractivity contribution >= 4 is 11.3 Å². The topological polar surface area (TPSA) is 95.9 Å². The molecule has 1 fully saturated rings. The average Bonchev–Trinajstić information content (AvgIpc) is 3.27. The summed E-state index contributed by atoms with van der Waals surface area (Å²) in [6.07, 6.45) is 0.130. The van der Waals surface area contributed by atoms with Crippen LogP contribution in [0.15, 0.2) is 61.1 Å². The molecule has 1 aromatic carbocycles. The van der Waals surface area contributed by atoms with Gasteiger partial charge in [0.1, 0.15) is 36.1 Å². The lowest BCUT2D eigenvalue weighted by Gasteiger charge is -2.39. The number of hydrogen-bond donors (Lipinski definition) is 1. The first-order chi connectivity index (χ1) is 18.0. The summed E-state index contributed by atoms with van der Waals surface area (Å²) >= 11 is 0. The molecule has 1 N–H and O–H groups in total. The van der Waals surface area contributed by atoms with Crippen LogP contribution in [0.4, 0.5) is 19.0 Å². The van der Waals surface area contributed by atoms with Gasteiger partial charge in [0.15, 0.2) is 0 Å². The summed E-state index contributed by atoms with van der Waals surface area (Å²) in [6, 6.07) is 12.5. The first-order valence-electron chi connectivity index (χ1n) is 11.8. The minimum atomic E-state index is -4.42. The second-order valence-corrected chi connectivity index (χ2v) is 9.73. The number of fused-ring (bicyclic) bond motifs is 1. The van der Waals surface area contributed by atoms with Crippen molar-refractivity contribution in [2.24, 2.45) is 0 Å². The van der Waals surface area contributed by atoms with E-state index >= 15 is 0 Å². The number of halogens is 3. The van der Waals surface area contributed by atoms with Crippen LogP contribution in [0.1, 0.15) is 25.0 Å². The Kier molecular flexibility index (Phi) is 6.36. The van der Waals surface area contributed by atoms with E-state index in [1.807, 2.05) is 17.0 Å². The van der Waals surface area contributed by atoms with Crippen LogP contribution in [-0.4, -0.2) is 51.1 Å². The van der Waals surface area contributed by atoms with E-state index in [2.05, 4.69) is 16.2 Å². The predicted molar refractivity (Wildman–Crippen MR) is 133 cm³/mol. The lowest BCUT2D eigenvalue weighted by Crippen LogP contribution is -2.54. The standard InChI is InChI=1S/C27H24F3N5O3/c1-26(2,36)16-37-21-9-23(25-18(10-31)12-33-35(25)15-21)17-6-7-24(32-11-17)34-13-22(14-34)38-20-5-3-4-19(8-20)27(28,29)30/h3-9,11-12,15,22,36H,13-14,16H2,1-2H3. The third-order valence-corrected chi connectivity index (χ3v) is 5.99. The molecule has 3 aromatic heterocycles. The molecule has 11 heteroatoms. The van der Waals surface area contributed by atoms with Gasteiger partial charge in [-0.05, 0) is 50.2 Å². The van der Waals surface area contributed by atoms with Crippen molar-refractivity contribution in [2.45, 2.75) is 31.7 Å². The van der Waals surface area contributed by atoms with E-state index in [4.69, 9.17) is 9.47 Å². The van der Waals surface area contributed by atoms with Gasteiger partial charge in [-0.1, -0.05) is 6.07 Å². The maximum absolute atomic E-state index is 12.9. The smallest absolute Gasteiger partial charge is 0.416 e. The largest absolute Gasteiger partial charge is 0.489 e. The van der Waals surface area contributed by atoms with Crippen LogP contribution in [0.2, 0.25) is 0 Å². The second kappa shape index (κ2) is 9.54. The van der Waals surface area contributed by atoms with E-state index in [0.29, 0.717) is 41.3 Å². The molecule has 38 heavy (non-hydrogen) atoms. The van der Waals surface area contributed by atoms with Crippen LogP contribution < -0.4 is 14.4 Å². The molecule has 5 rings (SSSR count). The minimum absolute atomic E-state index is 0.0696. The molecule has 0 atom stereocenters. The Bertz CT molecular complexity index is 1500. The van der Waals surface area contributed by atoms with Gasteiger partial charge in [-0.15, -0.1) is 0 Å². The molecule has 0 amide bonds. The highest BCUT2D eigenvalue weighted by atomic mass is 19.4. The zero-order chi connectivity index (χ0) is 27.1. The Balaban J connectivity index is 1.31. The number of nitrogens with zero attached hydrogens (tertiary/aromatic N) is 5. The highest BCUT2D eigenvalue weighted by Crippen LogP contribution is 2.34. The predicted octanol–water partition coefficient (Wildman–Crippen LogP) is 4.70. The van der Waals surface area contributed by atoms with Crippen molar-refractivity contribution in [2.75, 3.05) is 24.6 Å². The van der Waals surface area contributed by atoms with Gasteiger partial charge in [0.2, 0.25) is 0 Å². The molecular weight excluding hydrogens is 499 g/mol. The molecule has 0 aliphatic carbocycles. The summed E-state index contributed by atoms with van der Waals surface area (Å²) in [7, 11) is 0. The van der Waals surface area contributed by atoms with E-state index in [9.17, 15) is 23.5 Å². The number of benzene rings is 1. The number of nitriles is 1. The van der Waals surface area contributed by atoms with Crippen LogP contribution in [0.25, 0.3) is 16.6 Å². The van der Waals surface area contributed by atoms with Crippen LogP contribution >= 0.6 is 0 Å². The summed E-state index contributed by atoms with van der Waals surface area (Å²) in [5.41, 5.74) is 0.666. The van der Waals surface area contributed by atoms with Gasteiger partial charge in [0.05, 0.1) is 47.7 Å². The second-order valence-electron chi connectivity index (χ2n) is 9.73. The van der Waals surface area contributed by atoms with E-state index in [1.165, 1.54) is 18.3 Å². The van der Waals surface area contributed by atoms with Crippen molar-refractivity contribution < 1.29 is 27.8 Å². The van der Waals surface area contributed by atoms with Crippen molar-refractivity contribution in [1.82, 2.24) is 14.6 Å². The number of aromatic nitrogens is 3. The Labute approximate surface area is 216 Å². The van der Waals surface area contributed by atoms with Crippen LogP contribution in [0.3, 0.4) is 0 Å². The third-order valence-electron chi connectivity index (χ3n) is 5.99. The molecule has 0 spiro atoms. The van der Waals surface area contributed by atoms with Crippen LogP contribution in [0.5, 0.6) is 11.5 Å². The normalized spacial score (nSPS) is 14.3. The molecule has 1 saturated heterocycles. The van der Waals surface area contributed by atoms with E-state index in [1.54, 1.807) is 36.8 Å². The molecule has 0 saturated carbocycles. The molecule has 0 bridgehead atoms. The maximum Gasteiger partial charge on any atom is 0.416 e. The van der Waals surface area contributed by atoms with E-state index < -0.39 is 17.3 Å². The fraction of sp³-hybridized carbons (Fsp3) is 0.296. The Hall–Kier alpha value is -4.30. The Morgan fingerprint density at radius 3 is 2.55 bits per heavy atom. The van der Waals surface area contributed by atoms with E-state index in [-0.39, 0.29) is 18.5 Å². The highest BCUT2D eigenvalue weighted by Gasteiger charge is 2.33. The molecule has 8 nitrogen and oxygen atoms in total. The number of anilines is 1. The summed E-state index contributed by atoms with van der Waals surface area (Å²) in [6.45, 7) is 4.31. The Morgan fingerprint density at radius 2 is 1.89 bits per heavy atom. The fourth-order valence-electron chi connectivity index (χ4n) is 4.11. The van der Waals surface area contributed by atoms with Crippen molar-refractivity contribution in [1.29, 1.82) is 5.26 Å². The summed E-state index contributed by atoms with van der Waals surface area (Å²) < 4.78 is 51.9. The molecule has 0 radical (unpaired) electrons. The van der Waals surface area contributed by atoms with Gasteiger partial charge in [-0.2, -0.15) is 23.5 Å². The lowest BCUT2D eigenvalue weighted by atomic mass is 10.0. The fourth-order valence-corrected chi connectivity index (χ4v) is 4.11. The summed E-state index contributed by atoms with van der Waals surface area (Å²) in [5.74, 6) is 1.35. The highest BCUT2D eigenvalue weighted by molar-refractivity contribution is 5.85. The minimum Gasteiger partial charge on any atom is -0.489 e. The molecule has 0 unspecified atom stereocenters. The number of rotatable bonds is 7. The van der Waals surface area contributed by atoms with Crippen molar-refractivity contribution in [3.63, 3.8) is 0 Å². The van der Waals surface area contributed by atoms with Crippen molar-refractivity contribution in [3.8, 4) is 28.7 Å². The molecule has 1 aliphatic rings. The van der Waals surface area contributed by atoms with Gasteiger partial charge in [0.25, 0.3) is 0 Å². The van der Waals surface area contributed by atoms with E-state index in [0.717, 1.165) is 17.7 Å². The van der Waals surface area contributed by atoms with Gasteiger partial charge >= 0.3 is 6.18 Å². The number of hydrogen-bond acceptors (Lipinski definition) is 7. The summed E-state index contributed by atoms with van der Waals surface area (Å²) in [5, 5.41) is 23.8. The lowest BCUT2D eigenvalue weighted by molar-refractivity contribution is -0.137. The van der Waals surface area contributed by atoms with Crippen molar-refractivity contribution in [3.05, 3.63) is 72.2 Å². The first-order valence-corrected chi connectivity index (χ1v) is 11.8. The van der Waals surface area contributed by atoms with Gasteiger partial charge in [-0.25, -0.2) is 9.50 Å². The molecular formula is C27H24F3N5O3. The SMILES string of the molecule is CC(C)(O)COc1cc(-c2ccc(N3CC(Oc4cccc(C(F)(F)F)c4)C3)nc2)c2c(C#N)cnn2c1. The monoisotopic (exact) mass is 523 g/mol. The number of alkyl halides is 3. The maximum atomic E-state index is 12.9. The van der Waals surface area contributed by atoms with Gasteiger partial charge in [0, 0.05) is 17.3 Å². The molecule has 4 heterocycles. The Morgan fingerprint density at radius 1 is 1.11 bits per heavy atom. The average molecular weight is 524 g/mol. The van der Waals surface area contributed by atoms with Gasteiger partial charge < -0.3 is 19.5 Å². The molecule has 4 aromatic rings. The molecule has 1 aliphatic heterocycles. The third kappa shape index (κ3) is 5.35. The van der Waals surface area contributed by atoms with Gasteiger partial charge in [-0.3, -0.25) is 0 Å².